The molecule has 0 spiro atoms. The van der Waals surface area contributed by atoms with Crippen LogP contribution in [0.2, 0.25) is 0 Å². The van der Waals surface area contributed by atoms with Crippen molar-refractivity contribution < 1.29 is 14.3 Å². The van der Waals surface area contributed by atoms with Gasteiger partial charge in [0.05, 0.1) is 14.2 Å². The van der Waals surface area contributed by atoms with E-state index in [1.807, 2.05) is 19.1 Å². The van der Waals surface area contributed by atoms with Crippen LogP contribution in [0.25, 0.3) is 0 Å². The second-order valence-electron chi connectivity index (χ2n) is 5.05. The fraction of sp³-hybridized carbons (Fsp3) is 0.278. The van der Waals surface area contributed by atoms with Crippen molar-refractivity contribution in [2.45, 2.75) is 13.3 Å². The van der Waals surface area contributed by atoms with E-state index in [4.69, 9.17) is 9.47 Å². The van der Waals surface area contributed by atoms with E-state index in [2.05, 4.69) is 11.4 Å². The molecule has 4 nitrogen and oxygen atoms in total. The van der Waals surface area contributed by atoms with Crippen molar-refractivity contribution in [3.8, 4) is 11.5 Å². The normalized spacial score (nSPS) is 10.1. The van der Waals surface area contributed by atoms with Crippen LogP contribution in [-0.2, 0) is 6.42 Å². The molecule has 0 heterocycles. The van der Waals surface area contributed by atoms with Gasteiger partial charge in [-0.25, -0.2) is 0 Å². The quantitative estimate of drug-likeness (QED) is 0.892. The predicted molar refractivity (Wildman–Crippen MR) is 86.8 cm³/mol. The third-order valence-corrected chi connectivity index (χ3v) is 3.47. The van der Waals surface area contributed by atoms with Gasteiger partial charge in [-0.1, -0.05) is 17.7 Å². The first-order valence-electron chi connectivity index (χ1n) is 7.20. The standard InChI is InChI=1S/C18H21NO3/c1-13-4-9-17(22-3)15(12-13)10-11-19-18(20)14-5-7-16(21-2)8-6-14/h4-9,12H,10-11H2,1-3H3,(H,19,20). The summed E-state index contributed by atoms with van der Waals surface area (Å²) in [5, 5.41) is 2.92. The molecule has 4 heteroatoms. The lowest BCUT2D eigenvalue weighted by Crippen LogP contribution is -2.25. The molecular formula is C18H21NO3. The number of amides is 1. The first kappa shape index (κ1) is 15.9. The summed E-state index contributed by atoms with van der Waals surface area (Å²) in [5.41, 5.74) is 2.90. The highest BCUT2D eigenvalue weighted by atomic mass is 16.5. The Balaban J connectivity index is 1.92. The first-order valence-corrected chi connectivity index (χ1v) is 7.20. The van der Waals surface area contributed by atoms with Crippen LogP contribution in [0.15, 0.2) is 42.5 Å². The van der Waals surface area contributed by atoms with Gasteiger partial charge < -0.3 is 14.8 Å². The van der Waals surface area contributed by atoms with Crippen LogP contribution in [0.1, 0.15) is 21.5 Å². The van der Waals surface area contributed by atoms with E-state index in [1.54, 1.807) is 38.5 Å². The van der Waals surface area contributed by atoms with Crippen LogP contribution in [0.3, 0.4) is 0 Å². The Bertz CT molecular complexity index is 635. The molecule has 1 amide bonds. The van der Waals surface area contributed by atoms with Crippen molar-refractivity contribution in [3.05, 3.63) is 59.2 Å². The Morgan fingerprint density at radius 3 is 2.41 bits per heavy atom. The number of aryl methyl sites for hydroxylation is 1. The Morgan fingerprint density at radius 2 is 1.77 bits per heavy atom. The molecule has 0 saturated carbocycles. The van der Waals surface area contributed by atoms with Gasteiger partial charge in [-0.2, -0.15) is 0 Å². The molecule has 1 N–H and O–H groups in total. The van der Waals surface area contributed by atoms with Crippen molar-refractivity contribution in [2.75, 3.05) is 20.8 Å². The molecule has 0 aromatic heterocycles. The van der Waals surface area contributed by atoms with Crippen molar-refractivity contribution in [1.29, 1.82) is 0 Å². The molecule has 0 fully saturated rings. The maximum Gasteiger partial charge on any atom is 0.251 e. The number of hydrogen-bond acceptors (Lipinski definition) is 3. The molecule has 2 rings (SSSR count). The van der Waals surface area contributed by atoms with Crippen LogP contribution < -0.4 is 14.8 Å². The van der Waals surface area contributed by atoms with Gasteiger partial charge in [0.15, 0.2) is 0 Å². The molecule has 2 aromatic carbocycles. The van der Waals surface area contributed by atoms with E-state index in [-0.39, 0.29) is 5.91 Å². The predicted octanol–water partition coefficient (Wildman–Crippen LogP) is 2.98. The van der Waals surface area contributed by atoms with Gasteiger partial charge in [-0.3, -0.25) is 4.79 Å². The maximum atomic E-state index is 12.1. The van der Waals surface area contributed by atoms with Crippen molar-refractivity contribution >= 4 is 5.91 Å². The molecule has 0 radical (unpaired) electrons. The molecule has 0 saturated heterocycles. The minimum atomic E-state index is -0.0886. The lowest BCUT2D eigenvalue weighted by Gasteiger charge is -2.10. The van der Waals surface area contributed by atoms with Crippen LogP contribution in [-0.4, -0.2) is 26.7 Å². The number of benzene rings is 2. The lowest BCUT2D eigenvalue weighted by atomic mass is 10.1. The summed E-state index contributed by atoms with van der Waals surface area (Å²) in [6.45, 7) is 2.60. The molecule has 22 heavy (non-hydrogen) atoms. The Hall–Kier alpha value is -2.49. The smallest absolute Gasteiger partial charge is 0.251 e. The zero-order valence-electron chi connectivity index (χ0n) is 13.2. The van der Waals surface area contributed by atoms with E-state index in [0.717, 1.165) is 23.5 Å². The van der Waals surface area contributed by atoms with Crippen molar-refractivity contribution in [2.24, 2.45) is 0 Å². The molecule has 116 valence electrons. The molecule has 0 aliphatic rings. The van der Waals surface area contributed by atoms with Gasteiger partial charge >= 0.3 is 0 Å². The zero-order valence-corrected chi connectivity index (χ0v) is 13.2. The molecule has 0 unspecified atom stereocenters. The van der Waals surface area contributed by atoms with Gasteiger partial charge in [-0.05, 0) is 49.2 Å². The summed E-state index contributed by atoms with van der Waals surface area (Å²) in [6, 6.07) is 13.1. The van der Waals surface area contributed by atoms with Crippen molar-refractivity contribution in [1.82, 2.24) is 5.32 Å². The summed E-state index contributed by atoms with van der Waals surface area (Å²) >= 11 is 0. The topological polar surface area (TPSA) is 47.6 Å². The highest BCUT2D eigenvalue weighted by Crippen LogP contribution is 2.19. The fourth-order valence-corrected chi connectivity index (χ4v) is 2.26. The molecule has 0 bridgehead atoms. The summed E-state index contributed by atoms with van der Waals surface area (Å²) < 4.78 is 10.4. The van der Waals surface area contributed by atoms with E-state index >= 15 is 0 Å². The number of nitrogens with one attached hydrogen (secondary N) is 1. The molecule has 0 aliphatic carbocycles. The average Bonchev–Trinajstić information content (AvgIpc) is 2.55. The average molecular weight is 299 g/mol. The van der Waals surface area contributed by atoms with E-state index in [1.165, 1.54) is 5.56 Å². The van der Waals surface area contributed by atoms with Gasteiger partial charge in [0.2, 0.25) is 0 Å². The van der Waals surface area contributed by atoms with Crippen LogP contribution >= 0.6 is 0 Å². The number of carbonyl (C=O) groups is 1. The summed E-state index contributed by atoms with van der Waals surface area (Å²) in [7, 11) is 3.26. The van der Waals surface area contributed by atoms with Gasteiger partial charge in [0.25, 0.3) is 5.91 Å². The van der Waals surface area contributed by atoms with Gasteiger partial charge in [0, 0.05) is 12.1 Å². The monoisotopic (exact) mass is 299 g/mol. The zero-order chi connectivity index (χ0) is 15.9. The lowest BCUT2D eigenvalue weighted by molar-refractivity contribution is 0.0954. The highest BCUT2D eigenvalue weighted by Gasteiger charge is 2.07. The summed E-state index contributed by atoms with van der Waals surface area (Å²) in [4.78, 5) is 12.1. The second kappa shape index (κ2) is 7.50. The largest absolute Gasteiger partial charge is 0.497 e. The number of rotatable bonds is 6. The number of carbonyl (C=O) groups excluding carboxylic acids is 1. The van der Waals surface area contributed by atoms with Gasteiger partial charge in [-0.15, -0.1) is 0 Å². The molecule has 0 atom stereocenters. The summed E-state index contributed by atoms with van der Waals surface area (Å²) in [5.74, 6) is 1.50. The number of methoxy groups -OCH3 is 2. The minimum absolute atomic E-state index is 0.0886. The first-order chi connectivity index (χ1) is 10.6. The Morgan fingerprint density at radius 1 is 1.05 bits per heavy atom. The van der Waals surface area contributed by atoms with Gasteiger partial charge in [0.1, 0.15) is 11.5 Å². The van der Waals surface area contributed by atoms with Crippen molar-refractivity contribution in [3.63, 3.8) is 0 Å². The molecule has 2 aromatic rings. The minimum Gasteiger partial charge on any atom is -0.497 e. The Kier molecular flexibility index (Phi) is 5.42. The third kappa shape index (κ3) is 4.01. The SMILES string of the molecule is COc1ccc(C(=O)NCCc2cc(C)ccc2OC)cc1. The Labute approximate surface area is 131 Å². The van der Waals surface area contributed by atoms with E-state index in [0.29, 0.717) is 12.1 Å². The van der Waals surface area contributed by atoms with E-state index in [9.17, 15) is 4.79 Å². The number of ether oxygens (including phenoxy) is 2. The second-order valence-corrected chi connectivity index (χ2v) is 5.05. The summed E-state index contributed by atoms with van der Waals surface area (Å²) in [6.07, 6.45) is 0.729. The van der Waals surface area contributed by atoms with Crippen LogP contribution in [0.4, 0.5) is 0 Å². The highest BCUT2D eigenvalue weighted by molar-refractivity contribution is 5.94. The van der Waals surface area contributed by atoms with E-state index < -0.39 is 0 Å². The molecule has 0 aliphatic heterocycles. The molecular weight excluding hydrogens is 278 g/mol. The third-order valence-electron chi connectivity index (χ3n) is 3.47. The number of hydrogen-bond donors (Lipinski definition) is 1. The maximum absolute atomic E-state index is 12.1. The van der Waals surface area contributed by atoms with Crippen LogP contribution in [0, 0.1) is 6.92 Å². The fourth-order valence-electron chi connectivity index (χ4n) is 2.26. The van der Waals surface area contributed by atoms with Crippen LogP contribution in [0.5, 0.6) is 11.5 Å².